The number of aryl methyl sites for hydroxylation is 1. The second kappa shape index (κ2) is 7.43. The van der Waals surface area contributed by atoms with Gasteiger partial charge in [-0.1, -0.05) is 18.5 Å². The first-order valence-electron chi connectivity index (χ1n) is 6.86. The molecule has 0 aliphatic heterocycles. The molecule has 0 spiro atoms. The van der Waals surface area contributed by atoms with Crippen molar-refractivity contribution in [3.8, 4) is 0 Å². The summed E-state index contributed by atoms with van der Waals surface area (Å²) in [7, 11) is -1.20. The van der Waals surface area contributed by atoms with Crippen molar-refractivity contribution in [2.45, 2.75) is 18.7 Å². The number of pyridine rings is 1. The third-order valence-corrected chi connectivity index (χ3v) is 4.61. The number of carbonyl (C=O) groups excluding carboxylic acids is 1. The summed E-state index contributed by atoms with van der Waals surface area (Å²) in [5.41, 5.74) is 6.10. The average molecular weight is 354 g/mol. The highest BCUT2D eigenvalue weighted by atomic mass is 35.5. The summed E-state index contributed by atoms with van der Waals surface area (Å²) in [5, 5.41) is 0.450. The van der Waals surface area contributed by atoms with Crippen molar-refractivity contribution in [1.82, 2.24) is 10.4 Å². The zero-order valence-corrected chi connectivity index (χ0v) is 14.2. The number of hydrogen-bond donors (Lipinski definition) is 3. The van der Waals surface area contributed by atoms with E-state index in [2.05, 4.69) is 15.8 Å². The van der Waals surface area contributed by atoms with Crippen LogP contribution in [0, 0.1) is 6.92 Å². The highest BCUT2D eigenvalue weighted by Gasteiger charge is 2.11. The van der Waals surface area contributed by atoms with Crippen LogP contribution in [0.15, 0.2) is 40.0 Å². The molecule has 1 aromatic carbocycles. The summed E-state index contributed by atoms with van der Waals surface area (Å²) in [6.07, 6.45) is 0. The van der Waals surface area contributed by atoms with Crippen molar-refractivity contribution in [3.05, 3.63) is 57.0 Å². The van der Waals surface area contributed by atoms with E-state index in [4.69, 9.17) is 11.6 Å². The lowest BCUT2D eigenvalue weighted by molar-refractivity contribution is 0.0962. The van der Waals surface area contributed by atoms with E-state index in [0.717, 1.165) is 0 Å². The Balaban J connectivity index is 2.20. The maximum atomic E-state index is 12.1. The van der Waals surface area contributed by atoms with Crippen molar-refractivity contribution >= 4 is 34.0 Å². The largest absolute Gasteiger partial charge is 0.326 e. The summed E-state index contributed by atoms with van der Waals surface area (Å²) in [6, 6.07) is 7.62. The number of hydrogen-bond acceptors (Lipinski definition) is 4. The van der Waals surface area contributed by atoms with Crippen LogP contribution >= 0.6 is 11.6 Å². The smallest absolute Gasteiger partial charge is 0.269 e. The van der Waals surface area contributed by atoms with Gasteiger partial charge in [0.25, 0.3) is 5.91 Å². The van der Waals surface area contributed by atoms with Crippen molar-refractivity contribution < 1.29 is 9.00 Å². The Morgan fingerprint density at radius 1 is 1.30 bits per heavy atom. The predicted molar refractivity (Wildman–Crippen MR) is 91.3 cm³/mol. The molecule has 1 aromatic heterocycles. The molecular weight excluding hydrogens is 338 g/mol. The third kappa shape index (κ3) is 4.43. The molecule has 1 heterocycles. The van der Waals surface area contributed by atoms with Crippen LogP contribution in [0.2, 0.25) is 5.02 Å². The van der Waals surface area contributed by atoms with Crippen LogP contribution in [-0.4, -0.2) is 20.9 Å². The zero-order chi connectivity index (χ0) is 17.0. The van der Waals surface area contributed by atoms with E-state index < -0.39 is 16.7 Å². The van der Waals surface area contributed by atoms with Gasteiger partial charge in [0.1, 0.15) is 0 Å². The number of rotatable bonds is 5. The molecule has 0 fully saturated rings. The number of benzene rings is 1. The molecule has 0 saturated heterocycles. The Bertz CT molecular complexity index is 820. The molecule has 23 heavy (non-hydrogen) atoms. The molecule has 8 heteroatoms. The lowest BCUT2D eigenvalue weighted by Crippen LogP contribution is -2.31. The first kappa shape index (κ1) is 17.2. The fraction of sp³-hybridized carbons (Fsp3) is 0.200. The summed E-state index contributed by atoms with van der Waals surface area (Å²) in [4.78, 5) is 26.6. The second-order valence-corrected chi connectivity index (χ2v) is 6.91. The van der Waals surface area contributed by atoms with Gasteiger partial charge in [-0.2, -0.15) is 0 Å². The fourth-order valence-corrected chi connectivity index (χ4v) is 3.02. The van der Waals surface area contributed by atoms with Gasteiger partial charge in [-0.25, -0.2) is 0 Å². The summed E-state index contributed by atoms with van der Waals surface area (Å²) in [6.45, 7) is 3.48. The summed E-state index contributed by atoms with van der Waals surface area (Å²) >= 11 is 5.94. The highest BCUT2D eigenvalue weighted by molar-refractivity contribution is 7.85. The molecule has 0 aliphatic rings. The molecule has 1 unspecified atom stereocenters. The van der Waals surface area contributed by atoms with Gasteiger partial charge in [-0.3, -0.25) is 24.6 Å². The van der Waals surface area contributed by atoms with Crippen LogP contribution in [0.25, 0.3) is 0 Å². The Kier molecular flexibility index (Phi) is 5.57. The minimum atomic E-state index is -1.20. The van der Waals surface area contributed by atoms with E-state index in [0.29, 0.717) is 27.1 Å². The highest BCUT2D eigenvalue weighted by Crippen LogP contribution is 2.23. The Morgan fingerprint density at radius 2 is 2.04 bits per heavy atom. The molecular formula is C15H16ClN3O3S. The summed E-state index contributed by atoms with van der Waals surface area (Å²) < 4.78 is 12.0. The van der Waals surface area contributed by atoms with Gasteiger partial charge >= 0.3 is 0 Å². The number of hydrazine groups is 1. The Hall–Kier alpha value is -2.12. The topological polar surface area (TPSA) is 91.1 Å². The number of halogens is 1. The number of aromatic amines is 1. The molecule has 6 nitrogen and oxygen atoms in total. The van der Waals surface area contributed by atoms with E-state index in [1.165, 1.54) is 6.07 Å². The minimum absolute atomic E-state index is 0.221. The van der Waals surface area contributed by atoms with E-state index in [9.17, 15) is 13.8 Å². The van der Waals surface area contributed by atoms with Gasteiger partial charge in [0.2, 0.25) is 5.56 Å². The molecule has 3 N–H and O–H groups in total. The number of H-pyrrole nitrogens is 1. The van der Waals surface area contributed by atoms with Crippen LogP contribution in [0.3, 0.4) is 0 Å². The number of anilines is 1. The quantitative estimate of drug-likeness (QED) is 0.719. The van der Waals surface area contributed by atoms with Gasteiger partial charge < -0.3 is 4.98 Å². The molecule has 2 aromatic rings. The first-order chi connectivity index (χ1) is 10.9. The third-order valence-electron chi connectivity index (χ3n) is 3.00. The molecule has 0 aliphatic carbocycles. The standard InChI is InChI=1S/C15H16ClN3O3S/c1-3-23(22)13-5-4-11(16)8-12(13)18-19-15(21)10-6-9(2)17-14(20)7-10/h4-8,18H,3H2,1-2H3,(H,17,20)(H,19,21). The van der Waals surface area contributed by atoms with Gasteiger partial charge in [0, 0.05) is 28.1 Å². The second-order valence-electron chi connectivity index (χ2n) is 4.77. The van der Waals surface area contributed by atoms with Gasteiger partial charge in [0.05, 0.1) is 21.4 Å². The van der Waals surface area contributed by atoms with Gasteiger partial charge in [-0.05, 0) is 31.2 Å². The van der Waals surface area contributed by atoms with E-state index in [-0.39, 0.29) is 11.1 Å². The van der Waals surface area contributed by atoms with Crippen LogP contribution < -0.4 is 16.4 Å². The first-order valence-corrected chi connectivity index (χ1v) is 8.55. The molecule has 0 saturated carbocycles. The van der Waals surface area contributed by atoms with Crippen molar-refractivity contribution in [2.24, 2.45) is 0 Å². The molecule has 2 rings (SSSR count). The van der Waals surface area contributed by atoms with Crippen LogP contribution in [0.4, 0.5) is 5.69 Å². The van der Waals surface area contributed by atoms with Crippen LogP contribution in [0.1, 0.15) is 23.0 Å². The number of aromatic nitrogens is 1. The Morgan fingerprint density at radius 3 is 2.70 bits per heavy atom. The molecule has 1 amide bonds. The molecule has 0 bridgehead atoms. The van der Waals surface area contributed by atoms with Crippen LogP contribution in [0.5, 0.6) is 0 Å². The van der Waals surface area contributed by atoms with Crippen molar-refractivity contribution in [1.29, 1.82) is 0 Å². The lowest BCUT2D eigenvalue weighted by Gasteiger charge is -2.13. The van der Waals surface area contributed by atoms with E-state index in [1.807, 2.05) is 0 Å². The zero-order valence-electron chi connectivity index (χ0n) is 12.6. The molecule has 0 radical (unpaired) electrons. The lowest BCUT2D eigenvalue weighted by atomic mass is 10.2. The maximum Gasteiger partial charge on any atom is 0.269 e. The average Bonchev–Trinajstić information content (AvgIpc) is 2.51. The van der Waals surface area contributed by atoms with E-state index in [1.54, 1.807) is 38.1 Å². The van der Waals surface area contributed by atoms with Crippen molar-refractivity contribution in [3.63, 3.8) is 0 Å². The Labute approximate surface area is 140 Å². The van der Waals surface area contributed by atoms with Gasteiger partial charge in [0.15, 0.2) is 0 Å². The van der Waals surface area contributed by atoms with E-state index >= 15 is 0 Å². The minimum Gasteiger partial charge on any atom is -0.326 e. The maximum absolute atomic E-state index is 12.1. The number of nitrogens with one attached hydrogen (secondary N) is 3. The number of carbonyl (C=O) groups is 1. The molecule has 122 valence electrons. The van der Waals surface area contributed by atoms with Crippen molar-refractivity contribution in [2.75, 3.05) is 11.2 Å². The predicted octanol–water partition coefficient (Wildman–Crippen LogP) is 2.22. The normalized spacial score (nSPS) is 11.8. The monoisotopic (exact) mass is 353 g/mol. The summed E-state index contributed by atoms with van der Waals surface area (Å²) in [5.74, 6) is -0.0373. The molecule has 1 atom stereocenters. The van der Waals surface area contributed by atoms with Crippen LogP contribution in [-0.2, 0) is 10.8 Å². The number of amides is 1. The SMILES string of the molecule is CCS(=O)c1ccc(Cl)cc1NNC(=O)c1cc(C)[nH]c(=O)c1. The fourth-order valence-electron chi connectivity index (χ4n) is 1.96. The van der Waals surface area contributed by atoms with Gasteiger partial charge in [-0.15, -0.1) is 0 Å².